The highest BCUT2D eigenvalue weighted by Gasteiger charge is 2.25. The second kappa shape index (κ2) is 8.43. The van der Waals surface area contributed by atoms with E-state index in [1.54, 1.807) is 18.5 Å². The van der Waals surface area contributed by atoms with Crippen molar-refractivity contribution in [2.24, 2.45) is 0 Å². The van der Waals surface area contributed by atoms with Gasteiger partial charge in [-0.05, 0) is 19.9 Å². The fourth-order valence-corrected chi connectivity index (χ4v) is 3.52. The molecule has 29 heavy (non-hydrogen) atoms. The average molecular weight is 392 g/mol. The second-order valence-corrected chi connectivity index (χ2v) is 7.42. The summed E-state index contributed by atoms with van der Waals surface area (Å²) in [5.74, 6) is 1.09. The number of esters is 1. The Bertz CT molecular complexity index is 995. The third-order valence-corrected chi connectivity index (χ3v) is 4.89. The SMILES string of the molecule is CC(C)Oc1cncc(C(=O)OC2CCN(c3nncc4ccccc34)CC2)c1. The number of piperidine rings is 1. The molecular formula is C22H24N4O3. The minimum Gasteiger partial charge on any atom is -0.489 e. The van der Waals surface area contributed by atoms with E-state index in [1.807, 2.05) is 32.0 Å². The largest absolute Gasteiger partial charge is 0.489 e. The van der Waals surface area contributed by atoms with E-state index in [-0.39, 0.29) is 18.2 Å². The quantitative estimate of drug-likeness (QED) is 0.614. The molecule has 2 aromatic heterocycles. The molecule has 0 bridgehead atoms. The third-order valence-electron chi connectivity index (χ3n) is 4.89. The van der Waals surface area contributed by atoms with E-state index < -0.39 is 0 Å². The van der Waals surface area contributed by atoms with E-state index in [9.17, 15) is 4.79 Å². The molecule has 150 valence electrons. The maximum atomic E-state index is 12.5. The number of fused-ring (bicyclic) bond motifs is 1. The number of pyridine rings is 1. The van der Waals surface area contributed by atoms with Gasteiger partial charge in [-0.2, -0.15) is 5.10 Å². The van der Waals surface area contributed by atoms with Crippen LogP contribution in [-0.2, 0) is 4.74 Å². The lowest BCUT2D eigenvalue weighted by Crippen LogP contribution is -2.38. The van der Waals surface area contributed by atoms with Gasteiger partial charge >= 0.3 is 5.97 Å². The number of carbonyl (C=O) groups is 1. The molecular weight excluding hydrogens is 368 g/mol. The summed E-state index contributed by atoms with van der Waals surface area (Å²) in [7, 11) is 0. The minimum absolute atomic E-state index is 0.0181. The van der Waals surface area contributed by atoms with Crippen molar-refractivity contribution in [3.8, 4) is 5.75 Å². The first-order valence-electron chi connectivity index (χ1n) is 9.88. The van der Waals surface area contributed by atoms with Gasteiger partial charge in [-0.25, -0.2) is 4.79 Å². The molecule has 7 nitrogen and oxygen atoms in total. The van der Waals surface area contributed by atoms with E-state index in [0.717, 1.165) is 42.5 Å². The van der Waals surface area contributed by atoms with Crippen molar-refractivity contribution in [1.29, 1.82) is 0 Å². The Hall–Kier alpha value is -3.22. The number of benzene rings is 1. The Morgan fingerprint density at radius 3 is 2.72 bits per heavy atom. The van der Waals surface area contributed by atoms with Gasteiger partial charge in [0.25, 0.3) is 0 Å². The van der Waals surface area contributed by atoms with Gasteiger partial charge in [-0.1, -0.05) is 24.3 Å². The van der Waals surface area contributed by atoms with Crippen LogP contribution < -0.4 is 9.64 Å². The Morgan fingerprint density at radius 2 is 1.93 bits per heavy atom. The predicted octanol–water partition coefficient (Wildman–Crippen LogP) is 3.64. The van der Waals surface area contributed by atoms with Crippen LogP contribution in [0.2, 0.25) is 0 Å². The van der Waals surface area contributed by atoms with Gasteiger partial charge in [0, 0.05) is 42.9 Å². The first-order valence-corrected chi connectivity index (χ1v) is 9.88. The molecule has 0 aliphatic carbocycles. The fourth-order valence-electron chi connectivity index (χ4n) is 3.52. The van der Waals surface area contributed by atoms with E-state index in [1.165, 1.54) is 6.20 Å². The minimum atomic E-state index is -0.366. The Balaban J connectivity index is 1.38. The van der Waals surface area contributed by atoms with Crippen LogP contribution in [0.25, 0.3) is 10.8 Å². The molecule has 3 aromatic rings. The molecule has 0 unspecified atom stereocenters. The zero-order valence-electron chi connectivity index (χ0n) is 16.6. The molecule has 1 fully saturated rings. The highest BCUT2D eigenvalue weighted by atomic mass is 16.5. The lowest BCUT2D eigenvalue weighted by atomic mass is 10.1. The monoisotopic (exact) mass is 392 g/mol. The molecule has 0 spiro atoms. The highest BCUT2D eigenvalue weighted by molar-refractivity contribution is 5.91. The lowest BCUT2D eigenvalue weighted by Gasteiger charge is -2.32. The van der Waals surface area contributed by atoms with E-state index >= 15 is 0 Å². The van der Waals surface area contributed by atoms with E-state index in [4.69, 9.17) is 9.47 Å². The van der Waals surface area contributed by atoms with Crippen LogP contribution in [-0.4, -0.2) is 46.4 Å². The predicted molar refractivity (Wildman–Crippen MR) is 110 cm³/mol. The van der Waals surface area contributed by atoms with Gasteiger partial charge in [0.2, 0.25) is 0 Å². The van der Waals surface area contributed by atoms with Gasteiger partial charge in [-0.3, -0.25) is 4.98 Å². The summed E-state index contributed by atoms with van der Waals surface area (Å²) in [6, 6.07) is 9.77. The van der Waals surface area contributed by atoms with Gasteiger partial charge in [0.05, 0.1) is 24.1 Å². The third kappa shape index (κ3) is 4.45. The normalized spacial score (nSPS) is 14.9. The van der Waals surface area contributed by atoms with Gasteiger partial charge < -0.3 is 14.4 Å². The summed E-state index contributed by atoms with van der Waals surface area (Å²) < 4.78 is 11.3. The van der Waals surface area contributed by atoms with Crippen molar-refractivity contribution in [1.82, 2.24) is 15.2 Å². The Morgan fingerprint density at radius 1 is 1.14 bits per heavy atom. The van der Waals surface area contributed by atoms with Crippen LogP contribution in [0.3, 0.4) is 0 Å². The van der Waals surface area contributed by atoms with Gasteiger partial charge in [0.15, 0.2) is 5.82 Å². The van der Waals surface area contributed by atoms with Crippen molar-refractivity contribution in [2.45, 2.75) is 38.9 Å². The second-order valence-electron chi connectivity index (χ2n) is 7.42. The first kappa shape index (κ1) is 19.1. The van der Waals surface area contributed by atoms with Crippen LogP contribution >= 0.6 is 0 Å². The van der Waals surface area contributed by atoms with Crippen molar-refractivity contribution < 1.29 is 14.3 Å². The molecule has 1 aliphatic rings. The number of carbonyl (C=O) groups excluding carboxylic acids is 1. The lowest BCUT2D eigenvalue weighted by molar-refractivity contribution is 0.0243. The van der Waals surface area contributed by atoms with E-state index in [0.29, 0.717) is 11.3 Å². The molecule has 4 rings (SSSR count). The zero-order chi connectivity index (χ0) is 20.2. The van der Waals surface area contributed by atoms with Crippen molar-refractivity contribution >= 4 is 22.6 Å². The summed E-state index contributed by atoms with van der Waals surface area (Å²) in [6.45, 7) is 5.38. The molecule has 0 N–H and O–H groups in total. The zero-order valence-corrected chi connectivity index (χ0v) is 16.6. The number of hydrogen-bond donors (Lipinski definition) is 0. The molecule has 0 amide bonds. The number of nitrogens with zero attached hydrogens (tertiary/aromatic N) is 4. The van der Waals surface area contributed by atoms with Crippen LogP contribution in [0.1, 0.15) is 37.0 Å². The molecule has 0 saturated carbocycles. The van der Waals surface area contributed by atoms with Crippen LogP contribution in [0.15, 0.2) is 48.9 Å². The number of aromatic nitrogens is 3. The van der Waals surface area contributed by atoms with Crippen LogP contribution in [0, 0.1) is 0 Å². The van der Waals surface area contributed by atoms with Crippen LogP contribution in [0.5, 0.6) is 5.75 Å². The Kier molecular flexibility index (Phi) is 5.55. The first-order chi connectivity index (χ1) is 14.1. The van der Waals surface area contributed by atoms with E-state index in [2.05, 4.69) is 26.1 Å². The average Bonchev–Trinajstić information content (AvgIpc) is 2.74. The summed E-state index contributed by atoms with van der Waals surface area (Å²) in [5.41, 5.74) is 0.408. The van der Waals surface area contributed by atoms with Gasteiger partial charge in [-0.15, -0.1) is 5.10 Å². The number of hydrogen-bond acceptors (Lipinski definition) is 7. The molecule has 1 saturated heterocycles. The molecule has 7 heteroatoms. The van der Waals surface area contributed by atoms with Crippen molar-refractivity contribution in [2.75, 3.05) is 18.0 Å². The number of anilines is 1. The van der Waals surface area contributed by atoms with Crippen molar-refractivity contribution in [3.05, 3.63) is 54.5 Å². The Labute approximate surface area is 169 Å². The number of rotatable bonds is 5. The van der Waals surface area contributed by atoms with Gasteiger partial charge in [0.1, 0.15) is 11.9 Å². The maximum absolute atomic E-state index is 12.5. The fraction of sp³-hybridized carbons (Fsp3) is 0.364. The van der Waals surface area contributed by atoms with Crippen molar-refractivity contribution in [3.63, 3.8) is 0 Å². The van der Waals surface area contributed by atoms with Crippen LogP contribution in [0.4, 0.5) is 5.82 Å². The molecule has 0 radical (unpaired) electrons. The molecule has 0 atom stereocenters. The smallest absolute Gasteiger partial charge is 0.340 e. The molecule has 3 heterocycles. The highest BCUT2D eigenvalue weighted by Crippen LogP contribution is 2.27. The molecule has 1 aromatic carbocycles. The standard InChI is InChI=1S/C22H24N4O3/c1-15(2)28-19-11-17(12-23-14-19)22(27)29-18-7-9-26(10-8-18)21-20-6-4-3-5-16(20)13-24-25-21/h3-6,11-15,18H,7-10H2,1-2H3. The molecule has 1 aliphatic heterocycles. The summed E-state index contributed by atoms with van der Waals surface area (Å²) >= 11 is 0. The maximum Gasteiger partial charge on any atom is 0.340 e. The summed E-state index contributed by atoms with van der Waals surface area (Å²) in [4.78, 5) is 18.8. The summed E-state index contributed by atoms with van der Waals surface area (Å²) in [5, 5.41) is 10.6. The topological polar surface area (TPSA) is 77.4 Å². The summed E-state index contributed by atoms with van der Waals surface area (Å²) in [6.07, 6.45) is 6.26. The number of ether oxygens (including phenoxy) is 2.